The lowest BCUT2D eigenvalue weighted by Crippen LogP contribution is -2.43. The minimum absolute atomic E-state index is 0.326. The Morgan fingerprint density at radius 3 is 2.61 bits per heavy atom. The molecule has 0 unspecified atom stereocenters. The van der Waals surface area contributed by atoms with Crippen LogP contribution in [0.1, 0.15) is 0 Å². The molecule has 2 rings (SSSR count). The molecule has 1 aliphatic heterocycles. The summed E-state index contributed by atoms with van der Waals surface area (Å²) in [6.07, 6.45) is 0. The van der Waals surface area contributed by atoms with Gasteiger partial charge in [0.05, 0.1) is 18.9 Å². The monoisotopic (exact) mass is 386 g/mol. The maximum atomic E-state index is 12.9. The fraction of sp³-hybridized carbons (Fsp3) is 0.400. The van der Waals surface area contributed by atoms with E-state index in [2.05, 4.69) is 4.72 Å². The number of benzene rings is 1. The van der Waals surface area contributed by atoms with Gasteiger partial charge in [0, 0.05) is 16.7 Å². The van der Waals surface area contributed by atoms with E-state index in [1.165, 1.54) is 22.5 Å². The first kappa shape index (κ1) is 14.0. The van der Waals surface area contributed by atoms with Crippen LogP contribution in [-0.2, 0) is 14.9 Å². The molecule has 0 atom stereocenters. The van der Waals surface area contributed by atoms with Gasteiger partial charge in [-0.2, -0.15) is 12.7 Å². The highest BCUT2D eigenvalue weighted by molar-refractivity contribution is 14.1. The number of hydrogen-bond acceptors (Lipinski definition) is 3. The minimum Gasteiger partial charge on any atom is -0.379 e. The number of anilines is 1. The highest BCUT2D eigenvalue weighted by atomic mass is 127. The SMILES string of the molecule is O=S(=O)(Nc1ccc(F)cc1I)N1CCOCC1. The van der Waals surface area contributed by atoms with E-state index >= 15 is 0 Å². The largest absolute Gasteiger partial charge is 0.379 e. The van der Waals surface area contributed by atoms with E-state index in [0.29, 0.717) is 35.6 Å². The van der Waals surface area contributed by atoms with Gasteiger partial charge in [-0.05, 0) is 40.8 Å². The topological polar surface area (TPSA) is 58.6 Å². The van der Waals surface area contributed by atoms with Gasteiger partial charge in [-0.25, -0.2) is 4.39 Å². The summed E-state index contributed by atoms with van der Waals surface area (Å²) < 4.78 is 46.4. The zero-order valence-electron chi connectivity index (χ0n) is 9.40. The number of hydrogen-bond donors (Lipinski definition) is 1. The molecule has 1 N–H and O–H groups in total. The van der Waals surface area contributed by atoms with Crippen molar-refractivity contribution in [2.24, 2.45) is 0 Å². The lowest BCUT2D eigenvalue weighted by Gasteiger charge is -2.26. The quantitative estimate of drug-likeness (QED) is 0.800. The predicted octanol–water partition coefficient (Wildman–Crippen LogP) is 1.42. The number of nitrogens with one attached hydrogen (secondary N) is 1. The fourth-order valence-electron chi connectivity index (χ4n) is 1.56. The molecule has 1 fully saturated rings. The van der Waals surface area contributed by atoms with E-state index in [-0.39, 0.29) is 0 Å². The molecule has 0 aliphatic carbocycles. The highest BCUT2D eigenvalue weighted by Crippen LogP contribution is 2.21. The molecule has 0 saturated carbocycles. The van der Waals surface area contributed by atoms with Gasteiger partial charge in [-0.15, -0.1) is 0 Å². The summed E-state index contributed by atoms with van der Waals surface area (Å²) >= 11 is 1.89. The fourth-order valence-corrected chi connectivity index (χ4v) is 3.57. The molecule has 1 aromatic rings. The summed E-state index contributed by atoms with van der Waals surface area (Å²) in [5.41, 5.74) is 0.378. The summed E-state index contributed by atoms with van der Waals surface area (Å²) in [6, 6.07) is 3.91. The molecule has 8 heteroatoms. The Balaban J connectivity index is 2.16. The van der Waals surface area contributed by atoms with Crippen LogP contribution < -0.4 is 4.72 Å². The van der Waals surface area contributed by atoms with Gasteiger partial charge in [0.25, 0.3) is 0 Å². The zero-order chi connectivity index (χ0) is 13.2. The summed E-state index contributed by atoms with van der Waals surface area (Å²) in [7, 11) is -3.60. The second-order valence-corrected chi connectivity index (χ2v) is 6.58. The molecule has 0 bridgehead atoms. The molecular formula is C10H12FIN2O3S. The zero-order valence-corrected chi connectivity index (χ0v) is 12.4. The third-order valence-corrected chi connectivity index (χ3v) is 4.90. The van der Waals surface area contributed by atoms with Crippen molar-refractivity contribution < 1.29 is 17.5 Å². The first-order valence-corrected chi connectivity index (χ1v) is 7.81. The van der Waals surface area contributed by atoms with Crippen molar-refractivity contribution in [1.29, 1.82) is 0 Å². The lowest BCUT2D eigenvalue weighted by molar-refractivity contribution is 0.0733. The minimum atomic E-state index is -3.60. The first-order chi connectivity index (χ1) is 8.49. The maximum Gasteiger partial charge on any atom is 0.301 e. The van der Waals surface area contributed by atoms with Crippen molar-refractivity contribution in [3.05, 3.63) is 27.6 Å². The Hall–Kier alpha value is -0.450. The predicted molar refractivity (Wildman–Crippen MR) is 74.1 cm³/mol. The molecular weight excluding hydrogens is 374 g/mol. The van der Waals surface area contributed by atoms with E-state index in [1.54, 1.807) is 0 Å². The molecule has 18 heavy (non-hydrogen) atoms. The summed E-state index contributed by atoms with van der Waals surface area (Å²) in [6.45, 7) is 1.43. The molecule has 0 amide bonds. The van der Waals surface area contributed by atoms with Crippen molar-refractivity contribution in [1.82, 2.24) is 4.31 Å². The molecule has 5 nitrogen and oxygen atoms in total. The first-order valence-electron chi connectivity index (χ1n) is 5.30. The van der Waals surface area contributed by atoms with Gasteiger partial charge in [-0.1, -0.05) is 0 Å². The van der Waals surface area contributed by atoms with E-state index in [0.717, 1.165) is 0 Å². The average Bonchev–Trinajstić information content (AvgIpc) is 2.34. The number of ether oxygens (including phenoxy) is 1. The van der Waals surface area contributed by atoms with Gasteiger partial charge in [0.1, 0.15) is 5.82 Å². The summed E-state index contributed by atoms with van der Waals surface area (Å²) in [4.78, 5) is 0. The van der Waals surface area contributed by atoms with Crippen LogP contribution in [0.3, 0.4) is 0 Å². The van der Waals surface area contributed by atoms with Gasteiger partial charge in [0.2, 0.25) is 0 Å². The highest BCUT2D eigenvalue weighted by Gasteiger charge is 2.24. The van der Waals surface area contributed by atoms with Gasteiger partial charge >= 0.3 is 10.2 Å². The average molecular weight is 386 g/mol. The molecule has 100 valence electrons. The van der Waals surface area contributed by atoms with Crippen LogP contribution in [-0.4, -0.2) is 39.0 Å². The molecule has 1 saturated heterocycles. The molecule has 1 heterocycles. The standard InChI is InChI=1S/C10H12FIN2O3S/c11-8-1-2-10(9(12)7-8)13-18(15,16)14-3-5-17-6-4-14/h1-2,7,13H,3-6H2. The van der Waals surface area contributed by atoms with E-state index in [9.17, 15) is 12.8 Å². The number of morpholine rings is 1. The van der Waals surface area contributed by atoms with Crippen LogP contribution in [0, 0.1) is 9.39 Å². The Bertz CT molecular complexity index is 532. The van der Waals surface area contributed by atoms with Crippen LogP contribution in [0.15, 0.2) is 18.2 Å². The van der Waals surface area contributed by atoms with Crippen molar-refractivity contribution in [2.75, 3.05) is 31.0 Å². The Morgan fingerprint density at radius 2 is 2.00 bits per heavy atom. The van der Waals surface area contributed by atoms with Crippen LogP contribution in [0.25, 0.3) is 0 Å². The van der Waals surface area contributed by atoms with Gasteiger partial charge < -0.3 is 4.74 Å². The van der Waals surface area contributed by atoms with Crippen molar-refractivity contribution in [3.8, 4) is 0 Å². The third kappa shape index (κ3) is 3.31. The molecule has 0 radical (unpaired) electrons. The van der Waals surface area contributed by atoms with E-state index in [1.807, 2.05) is 22.6 Å². The molecule has 0 aromatic heterocycles. The maximum absolute atomic E-state index is 12.9. The third-order valence-electron chi connectivity index (χ3n) is 2.48. The van der Waals surface area contributed by atoms with Crippen LogP contribution in [0.2, 0.25) is 0 Å². The van der Waals surface area contributed by atoms with Crippen LogP contribution >= 0.6 is 22.6 Å². The summed E-state index contributed by atoms with van der Waals surface area (Å²) in [5.74, 6) is -0.395. The smallest absolute Gasteiger partial charge is 0.301 e. The Kier molecular flexibility index (Phi) is 4.41. The Labute approximate surface area is 119 Å². The number of nitrogens with zero attached hydrogens (tertiary/aromatic N) is 1. The molecule has 1 aliphatic rings. The second kappa shape index (κ2) is 5.68. The van der Waals surface area contributed by atoms with Crippen molar-refractivity contribution in [2.45, 2.75) is 0 Å². The van der Waals surface area contributed by atoms with E-state index in [4.69, 9.17) is 4.74 Å². The van der Waals surface area contributed by atoms with Crippen LogP contribution in [0.5, 0.6) is 0 Å². The molecule has 0 spiro atoms. The number of halogens is 2. The lowest BCUT2D eigenvalue weighted by atomic mass is 10.3. The van der Waals surface area contributed by atoms with Gasteiger partial charge in [-0.3, -0.25) is 4.72 Å². The van der Waals surface area contributed by atoms with E-state index < -0.39 is 16.0 Å². The van der Waals surface area contributed by atoms with Crippen molar-refractivity contribution >= 4 is 38.5 Å². The second-order valence-electron chi connectivity index (χ2n) is 3.74. The Morgan fingerprint density at radius 1 is 1.33 bits per heavy atom. The summed E-state index contributed by atoms with van der Waals surface area (Å²) in [5, 5.41) is 0. The normalized spacial score (nSPS) is 17.7. The van der Waals surface area contributed by atoms with Crippen molar-refractivity contribution in [3.63, 3.8) is 0 Å². The number of rotatable bonds is 3. The molecule has 1 aromatic carbocycles. The van der Waals surface area contributed by atoms with Gasteiger partial charge in [0.15, 0.2) is 0 Å². The van der Waals surface area contributed by atoms with Crippen LogP contribution in [0.4, 0.5) is 10.1 Å².